The Balaban J connectivity index is 2.14. The monoisotopic (exact) mass is 260 g/mol. The Kier molecular flexibility index (Phi) is 4.57. The van der Waals surface area contributed by atoms with Gasteiger partial charge in [-0.2, -0.15) is 12.6 Å². The van der Waals surface area contributed by atoms with Crippen LogP contribution in [0.3, 0.4) is 0 Å². The lowest BCUT2D eigenvalue weighted by Gasteiger charge is -2.04. The Morgan fingerprint density at radius 1 is 0.765 bits per heavy atom. The maximum absolute atomic E-state index is 4.29. The Labute approximate surface area is 114 Å². The molecule has 0 unspecified atom stereocenters. The number of hydrogen-bond donors (Lipinski definition) is 2. The molecule has 0 fully saturated rings. The van der Waals surface area contributed by atoms with Gasteiger partial charge in [-0.25, -0.2) is 0 Å². The van der Waals surface area contributed by atoms with Crippen LogP contribution < -0.4 is 0 Å². The van der Waals surface area contributed by atoms with E-state index in [1.807, 2.05) is 12.1 Å². The molecule has 0 N–H and O–H groups in total. The van der Waals surface area contributed by atoms with E-state index in [0.717, 1.165) is 23.5 Å². The van der Waals surface area contributed by atoms with Gasteiger partial charge in [-0.1, -0.05) is 36.4 Å². The number of thiol groups is 2. The van der Waals surface area contributed by atoms with Gasteiger partial charge in [-0.05, 0) is 47.4 Å². The van der Waals surface area contributed by atoms with Gasteiger partial charge in [0, 0.05) is 4.90 Å². The van der Waals surface area contributed by atoms with Crippen molar-refractivity contribution in [3.63, 3.8) is 0 Å². The summed E-state index contributed by atoms with van der Waals surface area (Å²) < 4.78 is 0. The zero-order valence-electron chi connectivity index (χ0n) is 9.63. The first-order valence-electron chi connectivity index (χ1n) is 5.79. The molecule has 0 amide bonds. The summed E-state index contributed by atoms with van der Waals surface area (Å²) in [5.74, 6) is 0.950. The summed E-state index contributed by atoms with van der Waals surface area (Å²) in [6, 6.07) is 17.0. The SMILES string of the molecule is SCCCc1ccc(-c2ccc(S)cc2)cc1. The highest BCUT2D eigenvalue weighted by Gasteiger charge is 1.98. The van der Waals surface area contributed by atoms with Gasteiger partial charge >= 0.3 is 0 Å². The van der Waals surface area contributed by atoms with Crippen LogP contribution in [0.1, 0.15) is 12.0 Å². The molecule has 2 aromatic carbocycles. The molecule has 0 saturated carbocycles. The first-order valence-corrected chi connectivity index (χ1v) is 6.87. The summed E-state index contributed by atoms with van der Waals surface area (Å²) >= 11 is 8.52. The summed E-state index contributed by atoms with van der Waals surface area (Å²) in [6.07, 6.45) is 2.25. The molecular weight excluding hydrogens is 244 g/mol. The van der Waals surface area contributed by atoms with Gasteiger partial charge in [-0.15, -0.1) is 12.6 Å². The van der Waals surface area contributed by atoms with E-state index < -0.39 is 0 Å². The third-order valence-electron chi connectivity index (χ3n) is 2.78. The molecule has 17 heavy (non-hydrogen) atoms. The Morgan fingerprint density at radius 3 is 1.82 bits per heavy atom. The highest BCUT2D eigenvalue weighted by Crippen LogP contribution is 2.21. The molecule has 2 aromatic rings. The largest absolute Gasteiger partial charge is 0.179 e. The average Bonchev–Trinajstić information content (AvgIpc) is 2.38. The van der Waals surface area contributed by atoms with Gasteiger partial charge in [0.05, 0.1) is 0 Å². The minimum Gasteiger partial charge on any atom is -0.179 e. The Hall–Kier alpha value is -0.860. The van der Waals surface area contributed by atoms with E-state index in [4.69, 9.17) is 0 Å². The second-order valence-corrected chi connectivity index (χ2v) is 5.03. The zero-order chi connectivity index (χ0) is 12.1. The Morgan fingerprint density at radius 2 is 1.29 bits per heavy atom. The van der Waals surface area contributed by atoms with E-state index in [1.54, 1.807) is 0 Å². The minimum absolute atomic E-state index is 0.950. The van der Waals surface area contributed by atoms with Crippen molar-refractivity contribution in [1.29, 1.82) is 0 Å². The van der Waals surface area contributed by atoms with Gasteiger partial charge in [0.15, 0.2) is 0 Å². The molecular formula is C15H16S2. The van der Waals surface area contributed by atoms with Crippen LogP contribution in [0.4, 0.5) is 0 Å². The van der Waals surface area contributed by atoms with Crippen molar-refractivity contribution in [1.82, 2.24) is 0 Å². The van der Waals surface area contributed by atoms with E-state index in [9.17, 15) is 0 Å². The van der Waals surface area contributed by atoms with Crippen LogP contribution in [-0.4, -0.2) is 5.75 Å². The fraction of sp³-hybridized carbons (Fsp3) is 0.200. The number of aryl methyl sites for hydroxylation is 1. The summed E-state index contributed by atoms with van der Waals surface area (Å²) in [4.78, 5) is 0.999. The van der Waals surface area contributed by atoms with E-state index >= 15 is 0 Å². The lowest BCUT2D eigenvalue weighted by atomic mass is 10.0. The number of hydrogen-bond acceptors (Lipinski definition) is 2. The molecule has 0 spiro atoms. The van der Waals surface area contributed by atoms with E-state index in [2.05, 4.69) is 61.7 Å². The van der Waals surface area contributed by atoms with Crippen molar-refractivity contribution >= 4 is 25.3 Å². The minimum atomic E-state index is 0.950. The predicted octanol–water partition coefficient (Wildman–Crippen LogP) is 4.50. The molecule has 0 heterocycles. The molecule has 0 aliphatic heterocycles. The molecule has 0 radical (unpaired) electrons. The summed E-state index contributed by atoms with van der Waals surface area (Å²) in [5.41, 5.74) is 3.88. The maximum atomic E-state index is 4.29. The normalized spacial score (nSPS) is 10.5. The molecule has 88 valence electrons. The van der Waals surface area contributed by atoms with Crippen molar-refractivity contribution in [2.75, 3.05) is 5.75 Å². The van der Waals surface area contributed by atoms with Gasteiger partial charge in [0.25, 0.3) is 0 Å². The van der Waals surface area contributed by atoms with Gasteiger partial charge in [0.1, 0.15) is 0 Å². The quantitative estimate of drug-likeness (QED) is 0.743. The lowest BCUT2D eigenvalue weighted by molar-refractivity contribution is 0.936. The van der Waals surface area contributed by atoms with Crippen molar-refractivity contribution in [3.8, 4) is 11.1 Å². The highest BCUT2D eigenvalue weighted by molar-refractivity contribution is 7.80. The van der Waals surface area contributed by atoms with Crippen molar-refractivity contribution in [3.05, 3.63) is 54.1 Å². The highest BCUT2D eigenvalue weighted by atomic mass is 32.1. The fourth-order valence-electron chi connectivity index (χ4n) is 1.80. The van der Waals surface area contributed by atoms with Crippen LogP contribution in [0.25, 0.3) is 11.1 Å². The molecule has 0 aliphatic rings. The number of benzene rings is 2. The van der Waals surface area contributed by atoms with E-state index in [1.165, 1.54) is 16.7 Å². The number of rotatable bonds is 4. The molecule has 0 aromatic heterocycles. The molecule has 0 nitrogen and oxygen atoms in total. The fourth-order valence-corrected chi connectivity index (χ4v) is 2.11. The summed E-state index contributed by atoms with van der Waals surface area (Å²) in [5, 5.41) is 0. The van der Waals surface area contributed by atoms with Gasteiger partial charge < -0.3 is 0 Å². The van der Waals surface area contributed by atoms with Crippen molar-refractivity contribution < 1.29 is 0 Å². The van der Waals surface area contributed by atoms with Gasteiger partial charge in [-0.3, -0.25) is 0 Å². The molecule has 2 rings (SSSR count). The topological polar surface area (TPSA) is 0 Å². The third kappa shape index (κ3) is 3.55. The lowest BCUT2D eigenvalue weighted by Crippen LogP contribution is -1.86. The first kappa shape index (κ1) is 12.6. The molecule has 0 aliphatic carbocycles. The molecule has 0 bridgehead atoms. The van der Waals surface area contributed by atoms with Crippen LogP contribution in [-0.2, 0) is 6.42 Å². The van der Waals surface area contributed by atoms with E-state index in [-0.39, 0.29) is 0 Å². The molecule has 0 atom stereocenters. The third-order valence-corrected chi connectivity index (χ3v) is 3.39. The predicted molar refractivity (Wildman–Crippen MR) is 81.3 cm³/mol. The van der Waals surface area contributed by atoms with Crippen LogP contribution >= 0.6 is 25.3 Å². The maximum Gasteiger partial charge on any atom is 0.00404 e. The van der Waals surface area contributed by atoms with Crippen molar-refractivity contribution in [2.24, 2.45) is 0 Å². The van der Waals surface area contributed by atoms with Gasteiger partial charge in [0.2, 0.25) is 0 Å². The summed E-state index contributed by atoms with van der Waals surface area (Å²) in [6.45, 7) is 0. The van der Waals surface area contributed by atoms with Crippen molar-refractivity contribution in [2.45, 2.75) is 17.7 Å². The summed E-state index contributed by atoms with van der Waals surface area (Å²) in [7, 11) is 0. The van der Waals surface area contributed by atoms with Crippen LogP contribution in [0.5, 0.6) is 0 Å². The Bertz CT molecular complexity index is 457. The van der Waals surface area contributed by atoms with E-state index in [0.29, 0.717) is 0 Å². The smallest absolute Gasteiger partial charge is 0.00404 e. The van der Waals surface area contributed by atoms with Crippen LogP contribution in [0.15, 0.2) is 53.4 Å². The zero-order valence-corrected chi connectivity index (χ0v) is 11.4. The molecule has 0 saturated heterocycles. The standard InChI is InChI=1S/C15H16S2/c16-11-1-2-12-3-5-13(6-4-12)14-7-9-15(17)10-8-14/h3-10,16-17H,1-2,11H2. The van der Waals surface area contributed by atoms with Crippen LogP contribution in [0.2, 0.25) is 0 Å². The average molecular weight is 260 g/mol. The first-order chi connectivity index (χ1) is 8.29. The second-order valence-electron chi connectivity index (χ2n) is 4.07. The van der Waals surface area contributed by atoms with Crippen LogP contribution in [0, 0.1) is 0 Å². The second kappa shape index (κ2) is 6.18. The molecule has 2 heteroatoms.